The SMILES string of the molecule is COc1ccc(N2C[C@H](NS(=O)(=O)c3ccc([N+](=O)[O-])cc3)CC2=O)cc1OC. The van der Waals surface area contributed by atoms with Crippen LogP contribution in [0.5, 0.6) is 11.5 Å². The number of hydrogen-bond acceptors (Lipinski definition) is 7. The molecule has 0 aliphatic carbocycles. The first-order chi connectivity index (χ1) is 13.7. The Morgan fingerprint density at radius 3 is 2.34 bits per heavy atom. The van der Waals surface area contributed by atoms with Gasteiger partial charge in [0, 0.05) is 42.9 Å². The Bertz CT molecular complexity index is 1040. The van der Waals surface area contributed by atoms with Gasteiger partial charge in [-0.3, -0.25) is 14.9 Å². The van der Waals surface area contributed by atoms with Crippen LogP contribution >= 0.6 is 0 Å². The summed E-state index contributed by atoms with van der Waals surface area (Å²) in [4.78, 5) is 23.9. The van der Waals surface area contributed by atoms with E-state index in [2.05, 4.69) is 4.72 Å². The Balaban J connectivity index is 1.75. The Hall–Kier alpha value is -3.18. The highest BCUT2D eigenvalue weighted by molar-refractivity contribution is 7.89. The van der Waals surface area contributed by atoms with Crippen LogP contribution in [0.3, 0.4) is 0 Å². The normalized spacial score (nSPS) is 16.7. The van der Waals surface area contributed by atoms with Crippen LogP contribution in [-0.2, 0) is 14.8 Å². The number of nitrogens with zero attached hydrogens (tertiary/aromatic N) is 2. The summed E-state index contributed by atoms with van der Waals surface area (Å²) in [6.07, 6.45) is -0.0133. The Kier molecular flexibility index (Phi) is 5.71. The largest absolute Gasteiger partial charge is 0.493 e. The maximum absolute atomic E-state index is 12.6. The highest BCUT2D eigenvalue weighted by Gasteiger charge is 2.34. The zero-order valence-corrected chi connectivity index (χ0v) is 16.5. The fraction of sp³-hybridized carbons (Fsp3) is 0.278. The van der Waals surface area contributed by atoms with E-state index >= 15 is 0 Å². The molecule has 1 atom stereocenters. The highest BCUT2D eigenvalue weighted by atomic mass is 32.2. The minimum absolute atomic E-state index is 0.0133. The molecule has 1 heterocycles. The molecule has 10 nitrogen and oxygen atoms in total. The van der Waals surface area contributed by atoms with E-state index < -0.39 is 21.0 Å². The molecule has 1 N–H and O–H groups in total. The first-order valence-electron chi connectivity index (χ1n) is 8.54. The molecule has 2 aromatic rings. The van der Waals surface area contributed by atoms with Gasteiger partial charge in [0.15, 0.2) is 11.5 Å². The van der Waals surface area contributed by atoms with Crippen molar-refractivity contribution in [3.8, 4) is 11.5 Å². The summed E-state index contributed by atoms with van der Waals surface area (Å²) in [5, 5.41) is 10.7. The number of methoxy groups -OCH3 is 2. The minimum atomic E-state index is -3.93. The third kappa shape index (κ3) is 4.30. The van der Waals surface area contributed by atoms with Crippen molar-refractivity contribution in [1.82, 2.24) is 4.72 Å². The second kappa shape index (κ2) is 8.05. The van der Waals surface area contributed by atoms with Crippen LogP contribution in [0.1, 0.15) is 6.42 Å². The third-order valence-corrected chi connectivity index (χ3v) is 6.02. The first-order valence-corrected chi connectivity index (χ1v) is 10.0. The second-order valence-corrected chi connectivity index (χ2v) is 8.03. The lowest BCUT2D eigenvalue weighted by Gasteiger charge is -2.19. The van der Waals surface area contributed by atoms with Gasteiger partial charge in [-0.25, -0.2) is 13.1 Å². The van der Waals surface area contributed by atoms with E-state index in [1.165, 1.54) is 19.1 Å². The molecule has 0 saturated carbocycles. The van der Waals surface area contributed by atoms with Gasteiger partial charge in [0.2, 0.25) is 15.9 Å². The van der Waals surface area contributed by atoms with Gasteiger partial charge in [-0.15, -0.1) is 0 Å². The Morgan fingerprint density at radius 2 is 1.76 bits per heavy atom. The van der Waals surface area contributed by atoms with Gasteiger partial charge < -0.3 is 14.4 Å². The molecular weight excluding hydrogens is 402 g/mol. The summed E-state index contributed by atoms with van der Waals surface area (Å²) in [6, 6.07) is 8.89. The van der Waals surface area contributed by atoms with Crippen molar-refractivity contribution in [2.24, 2.45) is 0 Å². The molecule has 154 valence electrons. The topological polar surface area (TPSA) is 128 Å². The first kappa shape index (κ1) is 20.6. The van der Waals surface area contributed by atoms with Crippen molar-refractivity contribution < 1.29 is 27.6 Å². The van der Waals surface area contributed by atoms with E-state index in [0.29, 0.717) is 17.2 Å². The molecule has 1 saturated heterocycles. The predicted molar refractivity (Wildman–Crippen MR) is 104 cm³/mol. The van der Waals surface area contributed by atoms with Crippen molar-refractivity contribution in [3.05, 3.63) is 52.6 Å². The van der Waals surface area contributed by atoms with Crippen molar-refractivity contribution in [3.63, 3.8) is 0 Å². The molecule has 0 unspecified atom stereocenters. The zero-order chi connectivity index (χ0) is 21.2. The molecule has 29 heavy (non-hydrogen) atoms. The number of ether oxygens (including phenoxy) is 2. The van der Waals surface area contributed by atoms with Crippen molar-refractivity contribution in [1.29, 1.82) is 0 Å². The maximum atomic E-state index is 12.6. The summed E-state index contributed by atoms with van der Waals surface area (Å²) < 4.78 is 38.0. The van der Waals surface area contributed by atoms with Gasteiger partial charge in [0.25, 0.3) is 5.69 Å². The zero-order valence-electron chi connectivity index (χ0n) is 15.7. The molecule has 1 aliphatic heterocycles. The number of nitro groups is 1. The van der Waals surface area contributed by atoms with E-state index in [0.717, 1.165) is 24.3 Å². The van der Waals surface area contributed by atoms with E-state index in [4.69, 9.17) is 9.47 Å². The quantitative estimate of drug-likeness (QED) is 0.532. The fourth-order valence-electron chi connectivity index (χ4n) is 3.06. The number of non-ortho nitro benzene ring substituents is 1. The average molecular weight is 421 g/mol. The van der Waals surface area contributed by atoms with Gasteiger partial charge in [-0.05, 0) is 24.3 Å². The molecule has 1 aliphatic rings. The molecule has 1 fully saturated rings. The standard InChI is InChI=1S/C18H19N3O7S/c1-27-16-8-5-14(10-17(16)28-2)20-11-12(9-18(20)22)19-29(25,26)15-6-3-13(4-7-15)21(23)24/h3-8,10,12,19H,9,11H2,1-2H3/t12-/m1/s1. The summed E-state index contributed by atoms with van der Waals surface area (Å²) >= 11 is 0. The number of nitro benzene ring substituents is 1. The molecule has 11 heteroatoms. The van der Waals surface area contributed by atoms with Crippen molar-refractivity contribution >= 4 is 27.3 Å². The summed E-state index contributed by atoms with van der Waals surface area (Å²) in [7, 11) is -0.953. The van der Waals surface area contributed by atoms with Crippen LogP contribution in [-0.4, -0.2) is 46.1 Å². The third-order valence-electron chi connectivity index (χ3n) is 4.48. The van der Waals surface area contributed by atoms with Crippen molar-refractivity contribution in [2.45, 2.75) is 17.4 Å². The van der Waals surface area contributed by atoms with E-state index in [-0.39, 0.29) is 29.5 Å². The molecule has 3 rings (SSSR count). The second-order valence-electron chi connectivity index (χ2n) is 6.32. The molecule has 0 bridgehead atoms. The van der Waals surface area contributed by atoms with Crippen LogP contribution in [0.2, 0.25) is 0 Å². The van der Waals surface area contributed by atoms with E-state index in [9.17, 15) is 23.3 Å². The van der Waals surface area contributed by atoms with Crippen LogP contribution in [0.15, 0.2) is 47.4 Å². The van der Waals surface area contributed by atoms with Gasteiger partial charge in [-0.2, -0.15) is 0 Å². The number of sulfonamides is 1. The Labute approximate surface area is 167 Å². The molecule has 0 radical (unpaired) electrons. The maximum Gasteiger partial charge on any atom is 0.269 e. The number of anilines is 1. The number of carbonyl (C=O) groups is 1. The number of carbonyl (C=O) groups excluding carboxylic acids is 1. The number of rotatable bonds is 7. The lowest BCUT2D eigenvalue weighted by atomic mass is 10.2. The van der Waals surface area contributed by atoms with Crippen molar-refractivity contribution in [2.75, 3.05) is 25.7 Å². The van der Waals surface area contributed by atoms with Crippen LogP contribution in [0.25, 0.3) is 0 Å². The predicted octanol–water partition coefficient (Wildman–Crippen LogP) is 1.70. The average Bonchev–Trinajstić information content (AvgIpc) is 3.06. The summed E-state index contributed by atoms with van der Waals surface area (Å²) in [5.74, 6) is 0.722. The Morgan fingerprint density at radius 1 is 1.10 bits per heavy atom. The number of amides is 1. The summed E-state index contributed by atoms with van der Waals surface area (Å²) in [5.41, 5.74) is 0.351. The molecule has 0 spiro atoms. The highest BCUT2D eigenvalue weighted by Crippen LogP contribution is 2.33. The minimum Gasteiger partial charge on any atom is -0.493 e. The fourth-order valence-corrected chi connectivity index (χ4v) is 4.29. The van der Waals surface area contributed by atoms with Gasteiger partial charge in [0.1, 0.15) is 0 Å². The monoisotopic (exact) mass is 421 g/mol. The van der Waals surface area contributed by atoms with Gasteiger partial charge >= 0.3 is 0 Å². The number of benzene rings is 2. The number of nitrogens with one attached hydrogen (secondary N) is 1. The van der Waals surface area contributed by atoms with Crippen LogP contribution in [0, 0.1) is 10.1 Å². The van der Waals surface area contributed by atoms with Crippen LogP contribution < -0.4 is 19.1 Å². The molecule has 1 amide bonds. The smallest absolute Gasteiger partial charge is 0.269 e. The van der Waals surface area contributed by atoms with Gasteiger partial charge in [0.05, 0.1) is 24.0 Å². The number of hydrogen-bond donors (Lipinski definition) is 1. The van der Waals surface area contributed by atoms with Crippen LogP contribution in [0.4, 0.5) is 11.4 Å². The van der Waals surface area contributed by atoms with E-state index in [1.54, 1.807) is 18.2 Å². The molecular formula is C18H19N3O7S. The molecule has 0 aromatic heterocycles. The van der Waals surface area contributed by atoms with Gasteiger partial charge in [-0.1, -0.05) is 0 Å². The lowest BCUT2D eigenvalue weighted by molar-refractivity contribution is -0.384. The van der Waals surface area contributed by atoms with E-state index in [1.807, 2.05) is 0 Å². The lowest BCUT2D eigenvalue weighted by Crippen LogP contribution is -2.37. The molecule has 2 aromatic carbocycles. The summed E-state index contributed by atoms with van der Waals surface area (Å²) in [6.45, 7) is 0.139.